The Bertz CT molecular complexity index is 458. The largest absolute Gasteiger partial charge is 0.422 e. The van der Waals surface area contributed by atoms with Crippen LogP contribution >= 0.6 is 0 Å². The number of carbonyl (C=O) groups excluding carboxylic acids is 1. The Morgan fingerprint density at radius 1 is 1.20 bits per heavy atom. The van der Waals surface area contributed by atoms with Crippen LogP contribution in [0.1, 0.15) is 32.1 Å². The van der Waals surface area contributed by atoms with Gasteiger partial charge in [-0.2, -0.15) is 21.6 Å². The molecular formula is C10H15F4NO4S. The van der Waals surface area contributed by atoms with Gasteiger partial charge in [0.05, 0.1) is 0 Å². The number of rotatable bonds is 4. The Kier molecular flexibility index (Phi) is 5.01. The fraction of sp³-hybridized carbons (Fsp3) is 0.900. The summed E-state index contributed by atoms with van der Waals surface area (Å²) in [4.78, 5) is 11.6. The molecule has 1 aliphatic carbocycles. The zero-order valence-corrected chi connectivity index (χ0v) is 11.2. The summed E-state index contributed by atoms with van der Waals surface area (Å²) in [5, 5.41) is 1.89. The van der Waals surface area contributed by atoms with Crippen molar-refractivity contribution in [2.24, 2.45) is 0 Å². The minimum absolute atomic E-state index is 0.386. The van der Waals surface area contributed by atoms with Crippen LogP contribution in [0.3, 0.4) is 0 Å². The molecule has 1 aliphatic rings. The molecule has 0 radical (unpaired) electrons. The topological polar surface area (TPSA) is 83.5 Å². The first kappa shape index (κ1) is 17.2. The Balaban J connectivity index is 3.08. The number of alkyl halides is 4. The van der Waals surface area contributed by atoms with Crippen molar-refractivity contribution < 1.29 is 35.3 Å². The van der Waals surface area contributed by atoms with Crippen LogP contribution in [-0.2, 0) is 14.9 Å². The molecule has 0 bridgehead atoms. The van der Waals surface area contributed by atoms with Crippen molar-refractivity contribution in [3.05, 3.63) is 0 Å². The van der Waals surface area contributed by atoms with Gasteiger partial charge >= 0.3 is 6.18 Å². The highest BCUT2D eigenvalue weighted by Gasteiger charge is 2.70. The first-order valence-electron chi connectivity index (χ1n) is 5.97. The number of carbonyl (C=O) groups is 1. The molecular weight excluding hydrogens is 306 g/mol. The number of hydrogen-bond donors (Lipinski definition) is 2. The van der Waals surface area contributed by atoms with E-state index in [1.54, 1.807) is 0 Å². The molecule has 0 saturated heterocycles. The fourth-order valence-electron chi connectivity index (χ4n) is 2.15. The van der Waals surface area contributed by atoms with Crippen LogP contribution in [0.15, 0.2) is 0 Å². The van der Waals surface area contributed by atoms with E-state index in [0.29, 0.717) is 25.7 Å². The molecule has 2 N–H and O–H groups in total. The second-order valence-corrected chi connectivity index (χ2v) is 6.39. The highest BCUT2D eigenvalue weighted by molar-refractivity contribution is 7.88. The van der Waals surface area contributed by atoms with Crippen LogP contribution in [0.5, 0.6) is 0 Å². The summed E-state index contributed by atoms with van der Waals surface area (Å²) in [6.07, 6.45) is -2.78. The number of amides is 1. The summed E-state index contributed by atoms with van der Waals surface area (Å²) >= 11 is 0. The molecule has 20 heavy (non-hydrogen) atoms. The van der Waals surface area contributed by atoms with Gasteiger partial charge in [0.25, 0.3) is 20.8 Å². The Morgan fingerprint density at radius 2 is 1.70 bits per heavy atom. The third-order valence-corrected chi connectivity index (χ3v) is 4.80. The molecule has 1 saturated carbocycles. The lowest BCUT2D eigenvalue weighted by molar-refractivity contribution is -0.177. The van der Waals surface area contributed by atoms with E-state index in [0.717, 1.165) is 6.42 Å². The van der Waals surface area contributed by atoms with Crippen molar-refractivity contribution in [1.29, 1.82) is 0 Å². The highest BCUT2D eigenvalue weighted by atomic mass is 32.2. The lowest BCUT2D eigenvalue weighted by Crippen LogP contribution is -2.64. The molecule has 0 spiro atoms. The lowest BCUT2D eigenvalue weighted by atomic mass is 9.95. The molecule has 1 unspecified atom stereocenters. The first-order chi connectivity index (χ1) is 9.06. The standard InChI is InChI=1S/C10H15F4NO4S/c11-6-9(10(12,13)14,20(17,18)19)8(16)15-7-4-2-1-3-5-7/h7H,1-6H2,(H,15,16)(H,17,18,19). The zero-order valence-electron chi connectivity index (χ0n) is 10.4. The van der Waals surface area contributed by atoms with Crippen molar-refractivity contribution in [2.75, 3.05) is 6.67 Å². The van der Waals surface area contributed by atoms with Crippen LogP contribution in [0.2, 0.25) is 0 Å². The quantitative estimate of drug-likeness (QED) is 0.608. The molecule has 0 aromatic carbocycles. The van der Waals surface area contributed by atoms with Gasteiger partial charge in [0.15, 0.2) is 0 Å². The first-order valence-corrected chi connectivity index (χ1v) is 7.41. The molecule has 0 aromatic rings. The van der Waals surface area contributed by atoms with Crippen LogP contribution in [0, 0.1) is 0 Å². The molecule has 5 nitrogen and oxygen atoms in total. The minimum Gasteiger partial charge on any atom is -0.352 e. The van der Waals surface area contributed by atoms with E-state index < -0.39 is 39.7 Å². The third-order valence-electron chi connectivity index (χ3n) is 3.39. The third kappa shape index (κ3) is 3.05. The molecule has 1 rings (SSSR count). The van der Waals surface area contributed by atoms with Gasteiger partial charge in [-0.05, 0) is 12.8 Å². The van der Waals surface area contributed by atoms with Crippen LogP contribution in [0.25, 0.3) is 0 Å². The van der Waals surface area contributed by atoms with Crippen molar-refractivity contribution in [3.63, 3.8) is 0 Å². The van der Waals surface area contributed by atoms with Crippen LogP contribution in [-0.4, -0.2) is 42.5 Å². The fourth-order valence-corrected chi connectivity index (χ4v) is 2.87. The molecule has 0 aliphatic heterocycles. The maximum absolute atomic E-state index is 12.8. The minimum atomic E-state index is -6.00. The maximum atomic E-state index is 12.8. The Labute approximate surface area is 113 Å². The van der Waals surface area contributed by atoms with E-state index in [-0.39, 0.29) is 0 Å². The van der Waals surface area contributed by atoms with Gasteiger partial charge in [-0.3, -0.25) is 9.35 Å². The SMILES string of the molecule is O=C(NC1CCCCC1)C(CF)(C(F)(F)F)S(=O)(=O)O. The molecule has 118 valence electrons. The summed E-state index contributed by atoms with van der Waals surface area (Å²) in [6.45, 7) is -2.58. The molecule has 1 fully saturated rings. The molecule has 0 aromatic heterocycles. The highest BCUT2D eigenvalue weighted by Crippen LogP contribution is 2.38. The summed E-state index contributed by atoms with van der Waals surface area (Å²) < 4.78 is 77.4. The monoisotopic (exact) mass is 321 g/mol. The number of halogens is 4. The van der Waals surface area contributed by atoms with Gasteiger partial charge in [0.2, 0.25) is 0 Å². The van der Waals surface area contributed by atoms with Crippen molar-refractivity contribution in [3.8, 4) is 0 Å². The predicted octanol–water partition coefficient (Wildman–Crippen LogP) is 1.59. The van der Waals surface area contributed by atoms with E-state index in [9.17, 15) is 30.8 Å². The predicted molar refractivity (Wildman–Crippen MR) is 61.3 cm³/mol. The van der Waals surface area contributed by atoms with E-state index in [1.165, 1.54) is 0 Å². The second kappa shape index (κ2) is 5.84. The van der Waals surface area contributed by atoms with Crippen LogP contribution < -0.4 is 5.32 Å². The van der Waals surface area contributed by atoms with E-state index in [2.05, 4.69) is 0 Å². The summed E-state index contributed by atoms with van der Waals surface area (Å²) in [5.74, 6) is -2.07. The van der Waals surface area contributed by atoms with Crippen molar-refractivity contribution in [2.45, 2.75) is 49.1 Å². The molecule has 1 amide bonds. The molecule has 1 atom stereocenters. The van der Waals surface area contributed by atoms with Gasteiger partial charge in [-0.25, -0.2) is 4.39 Å². The maximum Gasteiger partial charge on any atom is 0.422 e. The molecule has 10 heteroatoms. The number of hydrogen-bond acceptors (Lipinski definition) is 3. The second-order valence-electron chi connectivity index (χ2n) is 4.74. The van der Waals surface area contributed by atoms with Gasteiger partial charge < -0.3 is 5.32 Å². The van der Waals surface area contributed by atoms with Crippen molar-refractivity contribution >= 4 is 16.0 Å². The van der Waals surface area contributed by atoms with Crippen LogP contribution in [0.4, 0.5) is 17.6 Å². The summed E-state index contributed by atoms with van der Waals surface area (Å²) in [6, 6.07) is -0.647. The summed E-state index contributed by atoms with van der Waals surface area (Å²) in [7, 11) is -6.00. The average molecular weight is 321 g/mol. The summed E-state index contributed by atoms with van der Waals surface area (Å²) in [5.41, 5.74) is 0. The molecule has 0 heterocycles. The average Bonchev–Trinajstić information content (AvgIpc) is 2.27. The van der Waals surface area contributed by atoms with E-state index >= 15 is 0 Å². The Hall–Kier alpha value is -0.900. The van der Waals surface area contributed by atoms with E-state index in [1.807, 2.05) is 5.32 Å². The smallest absolute Gasteiger partial charge is 0.352 e. The van der Waals surface area contributed by atoms with E-state index in [4.69, 9.17) is 4.55 Å². The van der Waals surface area contributed by atoms with Gasteiger partial charge in [-0.15, -0.1) is 0 Å². The number of nitrogens with one attached hydrogen (secondary N) is 1. The van der Waals surface area contributed by atoms with Gasteiger partial charge in [0.1, 0.15) is 6.67 Å². The van der Waals surface area contributed by atoms with Gasteiger partial charge in [-0.1, -0.05) is 19.3 Å². The van der Waals surface area contributed by atoms with Gasteiger partial charge in [0, 0.05) is 6.04 Å². The lowest BCUT2D eigenvalue weighted by Gasteiger charge is -2.31. The zero-order chi connectivity index (χ0) is 15.6. The Morgan fingerprint density at radius 3 is 2.05 bits per heavy atom. The normalized spacial score (nSPS) is 21.2. The van der Waals surface area contributed by atoms with Crippen molar-refractivity contribution in [1.82, 2.24) is 5.32 Å².